The zero-order valence-electron chi connectivity index (χ0n) is 16.2. The second-order valence-corrected chi connectivity index (χ2v) is 6.79. The van der Waals surface area contributed by atoms with Crippen molar-refractivity contribution in [2.24, 2.45) is 0 Å². The normalized spacial score (nSPS) is 11.6. The summed E-state index contributed by atoms with van der Waals surface area (Å²) in [4.78, 5) is 40.9. The van der Waals surface area contributed by atoms with Crippen LogP contribution < -0.4 is 10.7 Å². The smallest absolute Gasteiger partial charge is 0.356 e. The molecular formula is C24H17FN2O4. The van der Waals surface area contributed by atoms with Gasteiger partial charge >= 0.3 is 5.97 Å². The standard InChI is InChI=1S/C24H17FN2O4/c25-16-10-12-17(13-11-16)26-23(29)22(15-6-2-1-3-7-15)31-24(30)20-14-21(28)18-8-4-5-9-19(18)27-20/h1-14,22H,(H,26,29)(H,27,28)/t22-/m1/s1. The molecule has 31 heavy (non-hydrogen) atoms. The van der Waals surface area contributed by atoms with Gasteiger partial charge in [-0.1, -0.05) is 42.5 Å². The van der Waals surface area contributed by atoms with Crippen LogP contribution in [-0.4, -0.2) is 16.9 Å². The number of anilines is 1. The quantitative estimate of drug-likeness (QED) is 0.477. The van der Waals surface area contributed by atoms with E-state index in [0.29, 0.717) is 22.2 Å². The molecule has 0 spiro atoms. The molecule has 154 valence electrons. The number of para-hydroxylation sites is 1. The van der Waals surface area contributed by atoms with E-state index in [9.17, 15) is 18.8 Å². The van der Waals surface area contributed by atoms with E-state index in [0.717, 1.165) is 6.07 Å². The van der Waals surface area contributed by atoms with Crippen LogP contribution in [0.5, 0.6) is 0 Å². The summed E-state index contributed by atoms with van der Waals surface area (Å²) in [6, 6.07) is 21.6. The average Bonchev–Trinajstić information content (AvgIpc) is 2.79. The molecule has 0 aliphatic heterocycles. The van der Waals surface area contributed by atoms with Crippen molar-refractivity contribution in [3.05, 3.63) is 112 Å². The molecule has 1 heterocycles. The van der Waals surface area contributed by atoms with Gasteiger partial charge in [-0.25, -0.2) is 9.18 Å². The molecule has 4 rings (SSSR count). The molecule has 2 N–H and O–H groups in total. The number of aromatic nitrogens is 1. The molecule has 1 aromatic heterocycles. The first kappa shape index (κ1) is 20.0. The molecule has 0 saturated carbocycles. The molecule has 0 fully saturated rings. The lowest BCUT2D eigenvalue weighted by Crippen LogP contribution is -2.26. The van der Waals surface area contributed by atoms with Crippen LogP contribution in [0.3, 0.4) is 0 Å². The van der Waals surface area contributed by atoms with Gasteiger partial charge in [0, 0.05) is 28.2 Å². The number of hydrogen-bond acceptors (Lipinski definition) is 4. The fraction of sp³-hybridized carbons (Fsp3) is 0.0417. The monoisotopic (exact) mass is 416 g/mol. The Morgan fingerprint density at radius 2 is 1.58 bits per heavy atom. The summed E-state index contributed by atoms with van der Waals surface area (Å²) >= 11 is 0. The molecule has 6 nitrogen and oxygen atoms in total. The Labute approximate surface area is 176 Å². The SMILES string of the molecule is O=C(O[C@@H](C(=O)Nc1ccc(F)cc1)c1ccccc1)c1cc(=O)c2ccccc2[nH]1. The largest absolute Gasteiger partial charge is 0.443 e. The van der Waals surface area contributed by atoms with Crippen LogP contribution in [0.15, 0.2) is 89.7 Å². The van der Waals surface area contributed by atoms with Crippen molar-refractivity contribution in [1.82, 2.24) is 4.98 Å². The summed E-state index contributed by atoms with van der Waals surface area (Å²) in [6.07, 6.45) is -1.28. The van der Waals surface area contributed by atoms with Crippen molar-refractivity contribution in [3.63, 3.8) is 0 Å². The number of fused-ring (bicyclic) bond motifs is 1. The molecule has 1 atom stereocenters. The number of carbonyl (C=O) groups excluding carboxylic acids is 2. The van der Waals surface area contributed by atoms with E-state index < -0.39 is 23.8 Å². The van der Waals surface area contributed by atoms with Gasteiger partial charge in [0.1, 0.15) is 11.5 Å². The number of halogens is 1. The Kier molecular flexibility index (Phi) is 5.57. The maximum absolute atomic E-state index is 13.1. The van der Waals surface area contributed by atoms with Gasteiger partial charge in [0.2, 0.25) is 6.10 Å². The number of benzene rings is 3. The third-order valence-corrected chi connectivity index (χ3v) is 4.63. The number of carbonyl (C=O) groups is 2. The maximum atomic E-state index is 13.1. The molecule has 0 bridgehead atoms. The van der Waals surface area contributed by atoms with Crippen LogP contribution in [0.25, 0.3) is 10.9 Å². The van der Waals surface area contributed by atoms with E-state index in [1.54, 1.807) is 54.6 Å². The number of pyridine rings is 1. The molecule has 1 amide bonds. The maximum Gasteiger partial charge on any atom is 0.356 e. The van der Waals surface area contributed by atoms with Gasteiger partial charge in [-0.05, 0) is 36.4 Å². The number of nitrogens with one attached hydrogen (secondary N) is 2. The molecular weight excluding hydrogens is 399 g/mol. The summed E-state index contributed by atoms with van der Waals surface area (Å²) < 4.78 is 18.6. The van der Waals surface area contributed by atoms with E-state index in [2.05, 4.69) is 10.3 Å². The van der Waals surface area contributed by atoms with Crippen molar-refractivity contribution >= 4 is 28.5 Å². The van der Waals surface area contributed by atoms with Crippen LogP contribution in [0.4, 0.5) is 10.1 Å². The Hall–Kier alpha value is -4.26. The Morgan fingerprint density at radius 1 is 0.903 bits per heavy atom. The summed E-state index contributed by atoms with van der Waals surface area (Å²) in [7, 11) is 0. The molecule has 3 aromatic carbocycles. The zero-order chi connectivity index (χ0) is 21.8. The Balaban J connectivity index is 1.63. The van der Waals surface area contributed by atoms with Crippen LogP contribution in [0.2, 0.25) is 0 Å². The number of ether oxygens (including phenoxy) is 1. The minimum atomic E-state index is -1.28. The molecule has 7 heteroatoms. The number of esters is 1. The number of rotatable bonds is 5. The molecule has 0 unspecified atom stereocenters. The summed E-state index contributed by atoms with van der Waals surface area (Å²) in [6.45, 7) is 0. The predicted octanol–water partition coefficient (Wildman–Crippen LogP) is 4.20. The molecule has 4 aromatic rings. The second-order valence-electron chi connectivity index (χ2n) is 6.79. The highest BCUT2D eigenvalue weighted by molar-refractivity contribution is 5.98. The topological polar surface area (TPSA) is 88.3 Å². The van der Waals surface area contributed by atoms with Crippen LogP contribution in [-0.2, 0) is 9.53 Å². The van der Waals surface area contributed by atoms with E-state index in [-0.39, 0.29) is 11.1 Å². The summed E-state index contributed by atoms with van der Waals surface area (Å²) in [5, 5.41) is 3.05. The van der Waals surface area contributed by atoms with Crippen LogP contribution in [0, 0.1) is 5.82 Å². The van der Waals surface area contributed by atoms with Crippen molar-refractivity contribution in [2.75, 3.05) is 5.32 Å². The summed E-state index contributed by atoms with van der Waals surface area (Å²) in [5.41, 5.74) is 0.864. The van der Waals surface area contributed by atoms with E-state index in [4.69, 9.17) is 4.74 Å². The lowest BCUT2D eigenvalue weighted by molar-refractivity contribution is -0.125. The highest BCUT2D eigenvalue weighted by Crippen LogP contribution is 2.22. The number of aromatic amines is 1. The first-order chi connectivity index (χ1) is 15.0. The summed E-state index contributed by atoms with van der Waals surface area (Å²) in [5.74, 6) is -1.91. The Bertz CT molecular complexity index is 1300. The third kappa shape index (κ3) is 4.51. The van der Waals surface area contributed by atoms with Crippen molar-refractivity contribution in [2.45, 2.75) is 6.10 Å². The van der Waals surface area contributed by atoms with Crippen molar-refractivity contribution in [1.29, 1.82) is 0 Å². The highest BCUT2D eigenvalue weighted by Gasteiger charge is 2.26. The van der Waals surface area contributed by atoms with Gasteiger partial charge in [-0.2, -0.15) is 0 Å². The van der Waals surface area contributed by atoms with Gasteiger partial charge < -0.3 is 15.0 Å². The van der Waals surface area contributed by atoms with Crippen molar-refractivity contribution < 1.29 is 18.7 Å². The Morgan fingerprint density at radius 3 is 2.32 bits per heavy atom. The van der Waals surface area contributed by atoms with Crippen LogP contribution in [0.1, 0.15) is 22.2 Å². The highest BCUT2D eigenvalue weighted by atomic mass is 19.1. The molecule has 0 aliphatic rings. The van der Waals surface area contributed by atoms with Gasteiger partial charge in [-0.3, -0.25) is 9.59 Å². The van der Waals surface area contributed by atoms with Gasteiger partial charge in [0.15, 0.2) is 5.43 Å². The molecule has 0 aliphatic carbocycles. The average molecular weight is 416 g/mol. The minimum Gasteiger partial charge on any atom is -0.443 e. The fourth-order valence-corrected chi connectivity index (χ4v) is 3.12. The fourth-order valence-electron chi connectivity index (χ4n) is 3.12. The first-order valence-corrected chi connectivity index (χ1v) is 9.46. The van der Waals surface area contributed by atoms with Gasteiger partial charge in [0.25, 0.3) is 5.91 Å². The van der Waals surface area contributed by atoms with Crippen LogP contribution >= 0.6 is 0 Å². The van der Waals surface area contributed by atoms with E-state index in [1.165, 1.54) is 24.3 Å². The van der Waals surface area contributed by atoms with E-state index >= 15 is 0 Å². The van der Waals surface area contributed by atoms with E-state index in [1.807, 2.05) is 0 Å². The number of amides is 1. The first-order valence-electron chi connectivity index (χ1n) is 9.46. The lowest BCUT2D eigenvalue weighted by atomic mass is 10.1. The lowest BCUT2D eigenvalue weighted by Gasteiger charge is -2.18. The molecule has 0 radical (unpaired) electrons. The number of H-pyrrole nitrogens is 1. The minimum absolute atomic E-state index is 0.0702. The van der Waals surface area contributed by atoms with Gasteiger partial charge in [0.05, 0.1) is 0 Å². The van der Waals surface area contributed by atoms with Crippen molar-refractivity contribution in [3.8, 4) is 0 Å². The number of hydrogen-bond donors (Lipinski definition) is 2. The van der Waals surface area contributed by atoms with Gasteiger partial charge in [-0.15, -0.1) is 0 Å². The zero-order valence-corrected chi connectivity index (χ0v) is 16.2. The molecule has 0 saturated heterocycles. The predicted molar refractivity (Wildman–Crippen MR) is 114 cm³/mol. The third-order valence-electron chi connectivity index (χ3n) is 4.63. The second kappa shape index (κ2) is 8.62.